The molecule has 0 bridgehead atoms. The number of hydrogen-bond acceptors (Lipinski definition) is 1. The largest absolute Gasteiger partial charge is 0.478 e. The van der Waals surface area contributed by atoms with Crippen molar-refractivity contribution < 1.29 is 18.7 Å². The third-order valence-electron chi connectivity index (χ3n) is 3.43. The standard InChI is InChI=1S/C13H11F2NO2/c14-13(15)5-4-9-8(7-13)11(12(17)18)10-3-1-2-6-16(9)10/h1-3,6H,4-5,7H2,(H,17,18). The molecule has 18 heavy (non-hydrogen) atoms. The lowest BCUT2D eigenvalue weighted by atomic mass is 9.91. The summed E-state index contributed by atoms with van der Waals surface area (Å²) in [5.41, 5.74) is 1.50. The van der Waals surface area contributed by atoms with Crippen molar-refractivity contribution in [2.45, 2.75) is 25.2 Å². The van der Waals surface area contributed by atoms with E-state index in [1.165, 1.54) is 0 Å². The monoisotopic (exact) mass is 251 g/mol. The molecule has 2 heterocycles. The number of carboxylic acid groups (broad SMARTS) is 1. The zero-order valence-corrected chi connectivity index (χ0v) is 9.49. The molecule has 0 radical (unpaired) electrons. The van der Waals surface area contributed by atoms with Crippen LogP contribution in [0.4, 0.5) is 8.78 Å². The number of aryl methyl sites for hydroxylation is 1. The molecule has 3 nitrogen and oxygen atoms in total. The molecular weight excluding hydrogens is 240 g/mol. The van der Waals surface area contributed by atoms with Crippen LogP contribution < -0.4 is 0 Å². The predicted molar refractivity (Wildman–Crippen MR) is 61.3 cm³/mol. The van der Waals surface area contributed by atoms with Crippen LogP contribution in [-0.2, 0) is 12.8 Å². The molecule has 0 fully saturated rings. The summed E-state index contributed by atoms with van der Waals surface area (Å²) in [7, 11) is 0. The highest BCUT2D eigenvalue weighted by Crippen LogP contribution is 2.37. The molecule has 5 heteroatoms. The molecule has 0 saturated heterocycles. The van der Waals surface area contributed by atoms with Crippen molar-refractivity contribution in [3.8, 4) is 0 Å². The van der Waals surface area contributed by atoms with E-state index in [0.29, 0.717) is 11.2 Å². The molecule has 1 N–H and O–H groups in total. The number of carboxylic acids is 1. The van der Waals surface area contributed by atoms with Gasteiger partial charge in [-0.05, 0) is 24.1 Å². The van der Waals surface area contributed by atoms with E-state index in [9.17, 15) is 18.7 Å². The molecule has 3 rings (SSSR count). The minimum absolute atomic E-state index is 0.0185. The summed E-state index contributed by atoms with van der Waals surface area (Å²) in [5, 5.41) is 9.24. The smallest absolute Gasteiger partial charge is 0.338 e. The zero-order valence-electron chi connectivity index (χ0n) is 9.49. The molecule has 1 aliphatic rings. The van der Waals surface area contributed by atoms with Crippen LogP contribution in [0.25, 0.3) is 5.52 Å². The second-order valence-electron chi connectivity index (χ2n) is 4.59. The fourth-order valence-electron chi connectivity index (χ4n) is 2.68. The molecule has 0 atom stereocenters. The number of hydrogen-bond donors (Lipinski definition) is 1. The summed E-state index contributed by atoms with van der Waals surface area (Å²) in [6, 6.07) is 5.14. The van der Waals surface area contributed by atoms with E-state index >= 15 is 0 Å². The van der Waals surface area contributed by atoms with Crippen molar-refractivity contribution in [2.24, 2.45) is 0 Å². The van der Waals surface area contributed by atoms with Crippen LogP contribution in [0.3, 0.4) is 0 Å². The summed E-state index contributed by atoms with van der Waals surface area (Å²) in [4.78, 5) is 11.3. The van der Waals surface area contributed by atoms with Gasteiger partial charge in [-0.2, -0.15) is 0 Å². The molecule has 0 unspecified atom stereocenters. The normalized spacial score (nSPS) is 17.7. The summed E-state index contributed by atoms with van der Waals surface area (Å²) >= 11 is 0. The first-order valence-corrected chi connectivity index (χ1v) is 5.71. The van der Waals surface area contributed by atoms with Gasteiger partial charge in [0.15, 0.2) is 0 Å². The predicted octanol–water partition coefficient (Wildman–Crippen LogP) is 2.76. The van der Waals surface area contributed by atoms with Crippen LogP contribution in [0, 0.1) is 0 Å². The van der Waals surface area contributed by atoms with Gasteiger partial charge >= 0.3 is 5.97 Å². The van der Waals surface area contributed by atoms with Crippen LogP contribution in [0.2, 0.25) is 0 Å². The average molecular weight is 251 g/mol. The number of aromatic carboxylic acids is 1. The Morgan fingerprint density at radius 2 is 2.17 bits per heavy atom. The third-order valence-corrected chi connectivity index (χ3v) is 3.43. The highest BCUT2D eigenvalue weighted by Gasteiger charge is 2.38. The Labute approximate surface area is 102 Å². The topological polar surface area (TPSA) is 41.7 Å². The average Bonchev–Trinajstić information content (AvgIpc) is 2.60. The first kappa shape index (κ1) is 11.2. The van der Waals surface area contributed by atoms with Crippen molar-refractivity contribution in [3.05, 3.63) is 41.2 Å². The lowest BCUT2D eigenvalue weighted by molar-refractivity contribution is -0.0127. The fraction of sp³-hybridized carbons (Fsp3) is 0.308. The highest BCUT2D eigenvalue weighted by molar-refractivity contribution is 5.98. The Morgan fingerprint density at radius 1 is 1.39 bits per heavy atom. The summed E-state index contributed by atoms with van der Waals surface area (Å²) in [5.74, 6) is -3.94. The van der Waals surface area contributed by atoms with Gasteiger partial charge in [0.2, 0.25) is 0 Å². The number of fused-ring (bicyclic) bond motifs is 3. The molecule has 0 spiro atoms. The maximum atomic E-state index is 13.5. The maximum Gasteiger partial charge on any atom is 0.338 e. The molecule has 1 aliphatic carbocycles. The molecule has 94 valence electrons. The van der Waals surface area contributed by atoms with Crippen LogP contribution in [-0.4, -0.2) is 21.4 Å². The second-order valence-corrected chi connectivity index (χ2v) is 4.59. The lowest BCUT2D eigenvalue weighted by Crippen LogP contribution is -2.26. The van der Waals surface area contributed by atoms with E-state index in [4.69, 9.17) is 0 Å². The number of nitrogens with zero attached hydrogens (tertiary/aromatic N) is 1. The first-order chi connectivity index (χ1) is 8.49. The van der Waals surface area contributed by atoms with Crippen molar-refractivity contribution >= 4 is 11.5 Å². The van der Waals surface area contributed by atoms with Crippen LogP contribution in [0.5, 0.6) is 0 Å². The Bertz CT molecular complexity index is 646. The van der Waals surface area contributed by atoms with Crippen LogP contribution >= 0.6 is 0 Å². The summed E-state index contributed by atoms with van der Waals surface area (Å²) in [6.45, 7) is 0. The molecule has 0 amide bonds. The van der Waals surface area contributed by atoms with Crippen molar-refractivity contribution in [1.29, 1.82) is 0 Å². The van der Waals surface area contributed by atoms with E-state index in [2.05, 4.69) is 0 Å². The maximum absolute atomic E-state index is 13.5. The van der Waals surface area contributed by atoms with Gasteiger partial charge in [0.05, 0.1) is 11.1 Å². The fourth-order valence-corrected chi connectivity index (χ4v) is 2.68. The van der Waals surface area contributed by atoms with Crippen molar-refractivity contribution in [1.82, 2.24) is 4.40 Å². The van der Waals surface area contributed by atoms with E-state index in [1.807, 2.05) is 0 Å². The minimum Gasteiger partial charge on any atom is -0.478 e. The van der Waals surface area contributed by atoms with E-state index < -0.39 is 18.3 Å². The summed E-state index contributed by atoms with van der Waals surface area (Å²) in [6.07, 6.45) is 1.23. The van der Waals surface area contributed by atoms with Crippen molar-refractivity contribution in [2.75, 3.05) is 0 Å². The van der Waals surface area contributed by atoms with Crippen molar-refractivity contribution in [3.63, 3.8) is 0 Å². The van der Waals surface area contributed by atoms with Gasteiger partial charge in [-0.1, -0.05) is 6.07 Å². The van der Waals surface area contributed by atoms with Gasteiger partial charge in [-0.25, -0.2) is 13.6 Å². The molecule has 0 aromatic carbocycles. The zero-order chi connectivity index (χ0) is 12.9. The number of alkyl halides is 2. The van der Waals surface area contributed by atoms with Gasteiger partial charge in [0.25, 0.3) is 5.92 Å². The third kappa shape index (κ3) is 1.50. The van der Waals surface area contributed by atoms with Crippen LogP contribution in [0.1, 0.15) is 28.0 Å². The van der Waals surface area contributed by atoms with E-state index in [-0.39, 0.29) is 24.0 Å². The van der Waals surface area contributed by atoms with E-state index in [0.717, 1.165) is 0 Å². The second kappa shape index (κ2) is 3.54. The lowest BCUT2D eigenvalue weighted by Gasteiger charge is -2.22. The molecule has 2 aromatic heterocycles. The number of halogens is 2. The van der Waals surface area contributed by atoms with Gasteiger partial charge in [0, 0.05) is 24.7 Å². The van der Waals surface area contributed by atoms with Gasteiger partial charge in [-0.3, -0.25) is 0 Å². The number of aromatic nitrogens is 1. The van der Waals surface area contributed by atoms with E-state index in [1.54, 1.807) is 28.8 Å². The molecular formula is C13H11F2NO2. The van der Waals surface area contributed by atoms with Gasteiger partial charge in [0.1, 0.15) is 0 Å². The van der Waals surface area contributed by atoms with Gasteiger partial charge < -0.3 is 9.51 Å². The molecule has 0 aliphatic heterocycles. The number of rotatable bonds is 1. The Hall–Kier alpha value is -1.91. The molecule has 0 saturated carbocycles. The minimum atomic E-state index is -2.80. The van der Waals surface area contributed by atoms with Crippen LogP contribution in [0.15, 0.2) is 24.4 Å². The Kier molecular flexibility index (Phi) is 2.20. The quantitative estimate of drug-likeness (QED) is 0.846. The molecule has 2 aromatic rings. The highest BCUT2D eigenvalue weighted by atomic mass is 19.3. The van der Waals surface area contributed by atoms with Gasteiger partial charge in [-0.15, -0.1) is 0 Å². The Morgan fingerprint density at radius 3 is 2.89 bits per heavy atom. The first-order valence-electron chi connectivity index (χ1n) is 5.71. The number of carbonyl (C=O) groups is 1. The Balaban J connectivity index is 2.34. The summed E-state index contributed by atoms with van der Waals surface area (Å²) < 4.78 is 28.6. The SMILES string of the molecule is O=C(O)c1c2c(n3ccccc13)CCC(F)(F)C2. The number of pyridine rings is 1.